The lowest BCUT2D eigenvalue weighted by atomic mass is 10.4. The van der Waals surface area contributed by atoms with Crippen LogP contribution in [-0.4, -0.2) is 31.2 Å². The second kappa shape index (κ2) is 4.47. The summed E-state index contributed by atoms with van der Waals surface area (Å²) >= 11 is 0. The number of hydrogen-bond acceptors (Lipinski definition) is 4. The predicted molar refractivity (Wildman–Crippen MR) is 72.3 cm³/mol. The van der Waals surface area contributed by atoms with E-state index in [0.717, 1.165) is 35.4 Å². The highest BCUT2D eigenvalue weighted by atomic mass is 15.4. The molecule has 19 heavy (non-hydrogen) atoms. The molecule has 0 bridgehead atoms. The SMILES string of the molecule is CNCc1c(-n2nc(C)nc2C)nc2ccccn12. The van der Waals surface area contributed by atoms with E-state index in [1.807, 2.05) is 45.3 Å². The summed E-state index contributed by atoms with van der Waals surface area (Å²) in [5.74, 6) is 2.43. The minimum Gasteiger partial charge on any atom is -0.314 e. The van der Waals surface area contributed by atoms with Crippen molar-refractivity contribution in [1.29, 1.82) is 0 Å². The topological polar surface area (TPSA) is 60.0 Å². The largest absolute Gasteiger partial charge is 0.314 e. The smallest absolute Gasteiger partial charge is 0.179 e. The minimum atomic E-state index is 0.721. The molecule has 3 aromatic rings. The van der Waals surface area contributed by atoms with Crippen LogP contribution in [0.25, 0.3) is 11.5 Å². The van der Waals surface area contributed by atoms with E-state index in [1.54, 1.807) is 4.68 Å². The van der Waals surface area contributed by atoms with Gasteiger partial charge in [0.05, 0.1) is 5.69 Å². The van der Waals surface area contributed by atoms with Crippen molar-refractivity contribution < 1.29 is 0 Å². The average Bonchev–Trinajstić information content (AvgIpc) is 2.91. The van der Waals surface area contributed by atoms with Crippen LogP contribution in [-0.2, 0) is 6.54 Å². The molecule has 0 unspecified atom stereocenters. The van der Waals surface area contributed by atoms with Crippen molar-refractivity contribution in [2.45, 2.75) is 20.4 Å². The number of fused-ring (bicyclic) bond motifs is 1. The molecule has 0 spiro atoms. The second-order valence-corrected chi connectivity index (χ2v) is 4.46. The van der Waals surface area contributed by atoms with Gasteiger partial charge in [0.25, 0.3) is 0 Å². The predicted octanol–water partition coefficient (Wildman–Crippen LogP) is 1.25. The Morgan fingerprint density at radius 2 is 2.05 bits per heavy atom. The van der Waals surface area contributed by atoms with Gasteiger partial charge >= 0.3 is 0 Å². The molecule has 0 atom stereocenters. The van der Waals surface area contributed by atoms with Crippen LogP contribution in [0.5, 0.6) is 0 Å². The van der Waals surface area contributed by atoms with Crippen molar-refractivity contribution in [2.24, 2.45) is 0 Å². The van der Waals surface area contributed by atoms with E-state index in [2.05, 4.69) is 24.8 Å². The summed E-state index contributed by atoms with van der Waals surface area (Å²) in [5.41, 5.74) is 1.99. The fourth-order valence-corrected chi connectivity index (χ4v) is 2.26. The minimum absolute atomic E-state index is 0.721. The third-order valence-electron chi connectivity index (χ3n) is 3.03. The lowest BCUT2D eigenvalue weighted by molar-refractivity contribution is 0.742. The maximum atomic E-state index is 4.66. The van der Waals surface area contributed by atoms with E-state index < -0.39 is 0 Å². The van der Waals surface area contributed by atoms with Gasteiger partial charge in [-0.2, -0.15) is 4.68 Å². The molecule has 0 aromatic carbocycles. The zero-order chi connectivity index (χ0) is 13.4. The Labute approximate surface area is 111 Å². The summed E-state index contributed by atoms with van der Waals surface area (Å²) in [5, 5.41) is 7.60. The van der Waals surface area contributed by atoms with Crippen molar-refractivity contribution in [2.75, 3.05) is 7.05 Å². The van der Waals surface area contributed by atoms with Crippen LogP contribution in [0.15, 0.2) is 24.4 Å². The van der Waals surface area contributed by atoms with E-state index in [9.17, 15) is 0 Å². The van der Waals surface area contributed by atoms with Gasteiger partial charge in [0.2, 0.25) is 0 Å². The number of aryl methyl sites for hydroxylation is 2. The molecule has 6 nitrogen and oxygen atoms in total. The summed E-state index contributed by atoms with van der Waals surface area (Å²) in [6.45, 7) is 4.54. The first-order chi connectivity index (χ1) is 9.20. The van der Waals surface area contributed by atoms with E-state index in [-0.39, 0.29) is 0 Å². The molecular weight excluding hydrogens is 240 g/mol. The fraction of sp³-hybridized carbons (Fsp3) is 0.308. The van der Waals surface area contributed by atoms with Gasteiger partial charge in [-0.3, -0.25) is 0 Å². The molecule has 98 valence electrons. The number of hydrogen-bond donors (Lipinski definition) is 1. The van der Waals surface area contributed by atoms with Crippen LogP contribution in [0.2, 0.25) is 0 Å². The Hall–Kier alpha value is -2.21. The first-order valence-corrected chi connectivity index (χ1v) is 6.22. The van der Waals surface area contributed by atoms with Gasteiger partial charge in [-0.05, 0) is 33.0 Å². The highest BCUT2D eigenvalue weighted by Crippen LogP contribution is 2.17. The van der Waals surface area contributed by atoms with Crippen LogP contribution >= 0.6 is 0 Å². The van der Waals surface area contributed by atoms with Gasteiger partial charge in [0.1, 0.15) is 17.3 Å². The molecule has 6 heteroatoms. The van der Waals surface area contributed by atoms with Gasteiger partial charge < -0.3 is 9.72 Å². The summed E-state index contributed by atoms with van der Waals surface area (Å²) in [6, 6.07) is 5.97. The zero-order valence-electron chi connectivity index (χ0n) is 11.3. The van der Waals surface area contributed by atoms with Crippen molar-refractivity contribution in [3.8, 4) is 5.82 Å². The van der Waals surface area contributed by atoms with Crippen molar-refractivity contribution in [1.82, 2.24) is 29.5 Å². The van der Waals surface area contributed by atoms with E-state index in [1.165, 1.54) is 0 Å². The molecule has 3 rings (SSSR count). The molecular formula is C13H16N6. The summed E-state index contributed by atoms with van der Waals surface area (Å²) < 4.78 is 3.87. The number of rotatable bonds is 3. The molecule has 0 radical (unpaired) electrons. The third kappa shape index (κ3) is 1.90. The van der Waals surface area contributed by atoms with Crippen molar-refractivity contribution in [3.05, 3.63) is 41.7 Å². The standard InChI is InChI=1S/C13H16N6/c1-9-15-10(2)19(17-9)13-11(8-14-3)18-7-5-4-6-12(18)16-13/h4-7,14H,8H2,1-3H3. The third-order valence-corrected chi connectivity index (χ3v) is 3.03. The van der Waals surface area contributed by atoms with Gasteiger partial charge in [-0.1, -0.05) is 6.07 Å². The van der Waals surface area contributed by atoms with Crippen LogP contribution in [0.3, 0.4) is 0 Å². The number of aromatic nitrogens is 5. The first-order valence-electron chi connectivity index (χ1n) is 6.22. The highest BCUT2D eigenvalue weighted by molar-refractivity contribution is 5.48. The second-order valence-electron chi connectivity index (χ2n) is 4.46. The Morgan fingerprint density at radius 1 is 1.21 bits per heavy atom. The van der Waals surface area contributed by atoms with Gasteiger partial charge in [0, 0.05) is 12.7 Å². The van der Waals surface area contributed by atoms with E-state index in [4.69, 9.17) is 0 Å². The normalized spacial score (nSPS) is 11.3. The van der Waals surface area contributed by atoms with E-state index >= 15 is 0 Å². The quantitative estimate of drug-likeness (QED) is 0.766. The lowest BCUT2D eigenvalue weighted by Crippen LogP contribution is -2.12. The van der Waals surface area contributed by atoms with Crippen LogP contribution in [0.1, 0.15) is 17.3 Å². The summed E-state index contributed by atoms with van der Waals surface area (Å²) in [4.78, 5) is 9.00. The van der Waals surface area contributed by atoms with E-state index in [0.29, 0.717) is 0 Å². The summed E-state index contributed by atoms with van der Waals surface area (Å²) in [7, 11) is 1.92. The van der Waals surface area contributed by atoms with Gasteiger partial charge in [-0.25, -0.2) is 9.97 Å². The maximum absolute atomic E-state index is 4.66. The molecule has 0 amide bonds. The van der Waals surface area contributed by atoms with Crippen molar-refractivity contribution in [3.63, 3.8) is 0 Å². The molecule has 0 aliphatic carbocycles. The zero-order valence-corrected chi connectivity index (χ0v) is 11.3. The summed E-state index contributed by atoms with van der Waals surface area (Å²) in [6.07, 6.45) is 2.01. The average molecular weight is 256 g/mol. The Kier molecular flexibility index (Phi) is 2.79. The van der Waals surface area contributed by atoms with Crippen LogP contribution in [0.4, 0.5) is 0 Å². The molecule has 0 saturated carbocycles. The Morgan fingerprint density at radius 3 is 2.74 bits per heavy atom. The number of pyridine rings is 1. The molecule has 0 saturated heterocycles. The first kappa shape index (κ1) is 11.9. The fourth-order valence-electron chi connectivity index (χ4n) is 2.26. The Balaban J connectivity index is 2.27. The van der Waals surface area contributed by atoms with Crippen molar-refractivity contribution >= 4 is 5.65 Å². The highest BCUT2D eigenvalue weighted by Gasteiger charge is 2.16. The monoisotopic (exact) mass is 256 g/mol. The molecule has 3 aromatic heterocycles. The number of nitrogens with one attached hydrogen (secondary N) is 1. The number of nitrogens with zero attached hydrogens (tertiary/aromatic N) is 5. The van der Waals surface area contributed by atoms with Crippen LogP contribution in [0, 0.1) is 13.8 Å². The molecule has 3 heterocycles. The molecule has 0 aliphatic rings. The molecule has 1 N–H and O–H groups in total. The lowest BCUT2D eigenvalue weighted by Gasteiger charge is -2.04. The van der Waals surface area contributed by atoms with Gasteiger partial charge in [-0.15, -0.1) is 5.10 Å². The van der Waals surface area contributed by atoms with Gasteiger partial charge in [0.15, 0.2) is 5.82 Å². The van der Waals surface area contributed by atoms with Crippen LogP contribution < -0.4 is 5.32 Å². The number of imidazole rings is 1. The Bertz CT molecular complexity index is 724. The molecule has 0 fully saturated rings. The maximum Gasteiger partial charge on any atom is 0.179 e. The molecule has 0 aliphatic heterocycles.